The van der Waals surface area contributed by atoms with Gasteiger partial charge < -0.3 is 18.2 Å². The van der Waals surface area contributed by atoms with Gasteiger partial charge in [0.2, 0.25) is 0 Å². The molecule has 5 heteroatoms. The van der Waals surface area contributed by atoms with Crippen LogP contribution in [0.2, 0.25) is 0 Å². The van der Waals surface area contributed by atoms with Crippen molar-refractivity contribution in [2.24, 2.45) is 0 Å². The smallest absolute Gasteiger partial charge is 0.139 e. The van der Waals surface area contributed by atoms with Gasteiger partial charge in [0.25, 0.3) is 0 Å². The molecule has 0 bridgehead atoms. The summed E-state index contributed by atoms with van der Waals surface area (Å²) in [6, 6.07) is 47.7. The van der Waals surface area contributed by atoms with Crippen molar-refractivity contribution in [3.63, 3.8) is 0 Å². The van der Waals surface area contributed by atoms with Crippen LogP contribution in [-0.2, 0) is 0 Å². The van der Waals surface area contributed by atoms with Crippen LogP contribution < -0.4 is 4.90 Å². The summed E-state index contributed by atoms with van der Waals surface area (Å²) in [5.41, 5.74) is 9.96. The first-order valence-electron chi connectivity index (χ1n) is 15.3. The van der Waals surface area contributed by atoms with Gasteiger partial charge in [-0.2, -0.15) is 0 Å². The predicted octanol–water partition coefficient (Wildman–Crippen LogP) is 11.9. The monoisotopic (exact) mass is 592 g/mol. The third kappa shape index (κ3) is 3.79. The molecule has 4 aromatic heterocycles. The Labute approximate surface area is 262 Å². The molecule has 6 aromatic carbocycles. The van der Waals surface area contributed by atoms with Crippen molar-refractivity contribution in [3.05, 3.63) is 146 Å². The number of nitrogens with zero attached hydrogens (tertiary/aromatic N) is 2. The maximum atomic E-state index is 6.30. The van der Waals surface area contributed by atoms with Crippen molar-refractivity contribution in [1.29, 1.82) is 0 Å². The molecule has 0 amide bonds. The molecule has 0 N–H and O–H groups in total. The van der Waals surface area contributed by atoms with Crippen LogP contribution in [0.3, 0.4) is 0 Å². The van der Waals surface area contributed by atoms with Gasteiger partial charge in [0.15, 0.2) is 0 Å². The van der Waals surface area contributed by atoms with E-state index in [0.29, 0.717) is 0 Å². The van der Waals surface area contributed by atoms with Crippen molar-refractivity contribution >= 4 is 82.9 Å². The van der Waals surface area contributed by atoms with Crippen LogP contribution in [0.25, 0.3) is 77.1 Å². The maximum Gasteiger partial charge on any atom is 0.139 e. The molecule has 5 nitrogen and oxygen atoms in total. The average Bonchev–Trinajstić information content (AvgIpc) is 3.79. The molecule has 0 radical (unpaired) electrons. The molecule has 216 valence electrons. The van der Waals surface area contributed by atoms with Gasteiger partial charge in [0, 0.05) is 79.3 Å². The van der Waals surface area contributed by atoms with E-state index in [0.717, 1.165) is 94.1 Å². The summed E-state index contributed by atoms with van der Waals surface area (Å²) < 4.78 is 18.7. The van der Waals surface area contributed by atoms with E-state index in [9.17, 15) is 0 Å². The molecule has 10 rings (SSSR count). The molecule has 10 aromatic rings. The molecule has 0 saturated carbocycles. The summed E-state index contributed by atoms with van der Waals surface area (Å²) >= 11 is 0. The van der Waals surface area contributed by atoms with Crippen LogP contribution in [-0.4, -0.2) is 4.98 Å². The Kier molecular flexibility index (Phi) is 5.22. The summed E-state index contributed by atoms with van der Waals surface area (Å²) in [4.78, 5) is 7.04. The Balaban J connectivity index is 1.11. The number of para-hydroxylation sites is 3. The van der Waals surface area contributed by atoms with Crippen molar-refractivity contribution in [1.82, 2.24) is 4.98 Å². The number of benzene rings is 6. The quantitative estimate of drug-likeness (QED) is 0.203. The molecule has 0 saturated heterocycles. The minimum atomic E-state index is 0.829. The average molecular weight is 593 g/mol. The van der Waals surface area contributed by atoms with Gasteiger partial charge in [-0.15, -0.1) is 0 Å². The molecular weight excluding hydrogens is 568 g/mol. The third-order valence-corrected chi connectivity index (χ3v) is 8.93. The van der Waals surface area contributed by atoms with E-state index in [-0.39, 0.29) is 0 Å². The van der Waals surface area contributed by atoms with Gasteiger partial charge >= 0.3 is 0 Å². The highest BCUT2D eigenvalue weighted by atomic mass is 16.3. The van der Waals surface area contributed by atoms with Crippen molar-refractivity contribution in [2.75, 3.05) is 4.90 Å². The lowest BCUT2D eigenvalue weighted by molar-refractivity contribution is 0.668. The number of furan rings is 3. The Bertz CT molecular complexity index is 2650. The first-order valence-corrected chi connectivity index (χ1v) is 15.3. The summed E-state index contributed by atoms with van der Waals surface area (Å²) in [7, 11) is 0. The van der Waals surface area contributed by atoms with Crippen LogP contribution in [0, 0.1) is 0 Å². The molecule has 4 heterocycles. The van der Waals surface area contributed by atoms with E-state index in [1.54, 1.807) is 0 Å². The molecular formula is C41H24N2O3. The molecule has 0 spiro atoms. The van der Waals surface area contributed by atoms with Crippen LogP contribution in [0.5, 0.6) is 0 Å². The van der Waals surface area contributed by atoms with Gasteiger partial charge in [-0.05, 0) is 54.6 Å². The Morgan fingerprint density at radius 3 is 1.35 bits per heavy atom. The van der Waals surface area contributed by atoms with Gasteiger partial charge in [0.05, 0.1) is 5.69 Å². The fraction of sp³-hybridized carbons (Fsp3) is 0. The molecule has 0 unspecified atom stereocenters. The highest BCUT2D eigenvalue weighted by Gasteiger charge is 2.18. The Hall–Kier alpha value is -6.33. The third-order valence-electron chi connectivity index (χ3n) is 8.93. The largest absolute Gasteiger partial charge is 0.456 e. The summed E-state index contributed by atoms with van der Waals surface area (Å²) in [5.74, 6) is 0. The topological polar surface area (TPSA) is 55.6 Å². The Morgan fingerprint density at radius 1 is 0.370 bits per heavy atom. The van der Waals surface area contributed by atoms with E-state index < -0.39 is 0 Å². The van der Waals surface area contributed by atoms with Crippen LogP contribution in [0.4, 0.5) is 17.1 Å². The van der Waals surface area contributed by atoms with Crippen LogP contribution in [0.15, 0.2) is 159 Å². The van der Waals surface area contributed by atoms with E-state index in [2.05, 4.69) is 83.8 Å². The molecule has 0 aliphatic heterocycles. The number of fused-ring (bicyclic) bond motifs is 9. The van der Waals surface area contributed by atoms with Gasteiger partial charge in [-0.25, -0.2) is 0 Å². The number of pyridine rings is 1. The molecule has 0 aliphatic carbocycles. The van der Waals surface area contributed by atoms with Crippen molar-refractivity contribution < 1.29 is 13.3 Å². The zero-order valence-electron chi connectivity index (χ0n) is 24.5. The summed E-state index contributed by atoms with van der Waals surface area (Å²) in [6.45, 7) is 0. The second kappa shape index (κ2) is 9.58. The van der Waals surface area contributed by atoms with Gasteiger partial charge in [0.1, 0.15) is 33.5 Å². The minimum Gasteiger partial charge on any atom is -0.456 e. The zero-order chi connectivity index (χ0) is 30.2. The standard InChI is InChI=1S/C41H24N2O3/c1-4-10-36-29(7-1)32-19-17-27(21-39(32)44-36)43(28-18-20-33-30-8-2-5-11-37(30)45-40(33)22-28)26-15-13-25(14-16-26)35-23-41-34(24-42-35)31-9-3-6-12-38(31)46-41/h1-24H. The maximum absolute atomic E-state index is 6.30. The highest BCUT2D eigenvalue weighted by molar-refractivity contribution is 6.08. The van der Waals surface area contributed by atoms with E-state index in [1.165, 1.54) is 0 Å². The van der Waals surface area contributed by atoms with Gasteiger partial charge in [-0.3, -0.25) is 4.98 Å². The van der Waals surface area contributed by atoms with Crippen molar-refractivity contribution in [3.8, 4) is 11.3 Å². The number of anilines is 3. The molecule has 46 heavy (non-hydrogen) atoms. The fourth-order valence-electron chi connectivity index (χ4n) is 6.71. The van der Waals surface area contributed by atoms with E-state index in [4.69, 9.17) is 18.2 Å². The predicted molar refractivity (Wildman–Crippen MR) is 186 cm³/mol. The number of hydrogen-bond acceptors (Lipinski definition) is 5. The normalized spacial score (nSPS) is 11.9. The molecule has 0 atom stereocenters. The zero-order valence-corrected chi connectivity index (χ0v) is 24.5. The Morgan fingerprint density at radius 2 is 0.804 bits per heavy atom. The summed E-state index contributed by atoms with van der Waals surface area (Å²) in [5, 5.41) is 6.49. The number of aromatic nitrogens is 1. The molecule has 0 aliphatic rings. The first-order chi connectivity index (χ1) is 22.8. The highest BCUT2D eigenvalue weighted by Crippen LogP contribution is 2.41. The second-order valence-corrected chi connectivity index (χ2v) is 11.6. The summed E-state index contributed by atoms with van der Waals surface area (Å²) in [6.07, 6.45) is 1.90. The van der Waals surface area contributed by atoms with E-state index >= 15 is 0 Å². The van der Waals surface area contributed by atoms with Crippen molar-refractivity contribution in [2.45, 2.75) is 0 Å². The lowest BCUT2D eigenvalue weighted by Crippen LogP contribution is -2.09. The molecule has 0 fully saturated rings. The number of hydrogen-bond donors (Lipinski definition) is 0. The van der Waals surface area contributed by atoms with Crippen LogP contribution >= 0.6 is 0 Å². The SMILES string of the molecule is c1ccc2c(c1)oc1cc(N(c3ccc(-c4cc5oc6ccccc6c5cn4)cc3)c3ccc4c(c3)oc3ccccc34)ccc12. The number of rotatable bonds is 4. The first kappa shape index (κ1) is 25.0. The van der Waals surface area contributed by atoms with E-state index in [1.807, 2.05) is 66.9 Å². The fourth-order valence-corrected chi connectivity index (χ4v) is 6.71. The van der Waals surface area contributed by atoms with Gasteiger partial charge in [-0.1, -0.05) is 66.7 Å². The minimum absolute atomic E-state index is 0.829. The lowest BCUT2D eigenvalue weighted by atomic mass is 10.1. The van der Waals surface area contributed by atoms with Crippen LogP contribution in [0.1, 0.15) is 0 Å². The lowest BCUT2D eigenvalue weighted by Gasteiger charge is -2.25. The second-order valence-electron chi connectivity index (χ2n) is 11.6.